The van der Waals surface area contributed by atoms with E-state index in [-0.39, 0.29) is 0 Å². The Labute approximate surface area is 125 Å². The minimum atomic E-state index is 0.404. The number of ether oxygens (including phenoxy) is 1. The highest BCUT2D eigenvalue weighted by molar-refractivity contribution is 7.80. The van der Waals surface area contributed by atoms with Crippen LogP contribution in [0.1, 0.15) is 11.1 Å². The maximum Gasteiger partial charge on any atom is 0.121 e. The van der Waals surface area contributed by atoms with E-state index >= 15 is 0 Å². The number of anilines is 1. The molecule has 4 heteroatoms. The van der Waals surface area contributed by atoms with Crippen molar-refractivity contribution in [1.82, 2.24) is 0 Å². The quantitative estimate of drug-likeness (QED) is 0.858. The highest BCUT2D eigenvalue weighted by Crippen LogP contribution is 2.20. The Morgan fingerprint density at radius 1 is 1.15 bits per heavy atom. The molecule has 0 atom stereocenters. The Balaban J connectivity index is 2.07. The van der Waals surface area contributed by atoms with Crippen molar-refractivity contribution in [3.63, 3.8) is 0 Å². The van der Waals surface area contributed by atoms with Crippen molar-refractivity contribution >= 4 is 22.9 Å². The summed E-state index contributed by atoms with van der Waals surface area (Å²) in [6, 6.07) is 15.8. The monoisotopic (exact) mass is 286 g/mol. The molecule has 0 spiro atoms. The van der Waals surface area contributed by atoms with Crippen LogP contribution >= 0.6 is 12.2 Å². The largest absolute Gasteiger partial charge is 0.489 e. The topological polar surface area (TPSA) is 38.5 Å². The van der Waals surface area contributed by atoms with Gasteiger partial charge in [0, 0.05) is 31.4 Å². The van der Waals surface area contributed by atoms with E-state index in [4.69, 9.17) is 22.7 Å². The van der Waals surface area contributed by atoms with Crippen molar-refractivity contribution in [1.29, 1.82) is 0 Å². The van der Waals surface area contributed by atoms with E-state index in [0.29, 0.717) is 11.6 Å². The van der Waals surface area contributed by atoms with Crippen LogP contribution in [0, 0.1) is 0 Å². The first kappa shape index (κ1) is 14.3. The van der Waals surface area contributed by atoms with E-state index in [0.717, 1.165) is 22.6 Å². The second-order valence-electron chi connectivity index (χ2n) is 4.75. The molecule has 2 aromatic rings. The van der Waals surface area contributed by atoms with E-state index in [9.17, 15) is 0 Å². The lowest BCUT2D eigenvalue weighted by Gasteiger charge is -2.14. The summed E-state index contributed by atoms with van der Waals surface area (Å²) in [5, 5.41) is 0. The predicted molar refractivity (Wildman–Crippen MR) is 87.4 cm³/mol. The third-order valence-electron chi connectivity index (χ3n) is 2.95. The zero-order valence-corrected chi connectivity index (χ0v) is 12.5. The Hall–Kier alpha value is -2.07. The molecule has 2 N–H and O–H groups in total. The Morgan fingerprint density at radius 3 is 2.60 bits per heavy atom. The van der Waals surface area contributed by atoms with Crippen molar-refractivity contribution in [2.45, 2.75) is 6.61 Å². The Kier molecular flexibility index (Phi) is 4.58. The summed E-state index contributed by atoms with van der Waals surface area (Å²) < 4.78 is 5.81. The summed E-state index contributed by atoms with van der Waals surface area (Å²) in [7, 11) is 4.01. The van der Waals surface area contributed by atoms with Gasteiger partial charge in [-0.1, -0.05) is 36.5 Å². The summed E-state index contributed by atoms with van der Waals surface area (Å²) in [6.07, 6.45) is 0. The van der Waals surface area contributed by atoms with Crippen molar-refractivity contribution in [2.75, 3.05) is 19.0 Å². The van der Waals surface area contributed by atoms with Gasteiger partial charge in [0.2, 0.25) is 0 Å². The average Bonchev–Trinajstić information content (AvgIpc) is 2.45. The average molecular weight is 286 g/mol. The highest BCUT2D eigenvalue weighted by atomic mass is 32.1. The molecule has 0 fully saturated rings. The van der Waals surface area contributed by atoms with Crippen LogP contribution in [-0.4, -0.2) is 19.1 Å². The molecular formula is C16H18N2OS. The number of hydrogen-bond donors (Lipinski definition) is 1. The lowest BCUT2D eigenvalue weighted by Crippen LogP contribution is -2.10. The first-order valence-electron chi connectivity index (χ1n) is 6.35. The van der Waals surface area contributed by atoms with Crippen LogP contribution in [0.3, 0.4) is 0 Å². The lowest BCUT2D eigenvalue weighted by molar-refractivity contribution is 0.306. The van der Waals surface area contributed by atoms with E-state index in [1.165, 1.54) is 0 Å². The molecule has 0 amide bonds. The van der Waals surface area contributed by atoms with Crippen LogP contribution in [-0.2, 0) is 6.61 Å². The van der Waals surface area contributed by atoms with Gasteiger partial charge in [0.1, 0.15) is 17.3 Å². The van der Waals surface area contributed by atoms with Crippen molar-refractivity contribution in [2.24, 2.45) is 5.73 Å². The first-order chi connectivity index (χ1) is 9.56. The van der Waals surface area contributed by atoms with Crippen molar-refractivity contribution in [3.8, 4) is 5.75 Å². The van der Waals surface area contributed by atoms with Crippen molar-refractivity contribution in [3.05, 3.63) is 59.7 Å². The first-order valence-corrected chi connectivity index (χ1v) is 6.76. The molecule has 0 aromatic heterocycles. The molecular weight excluding hydrogens is 268 g/mol. The normalized spacial score (nSPS) is 10.1. The minimum Gasteiger partial charge on any atom is -0.489 e. The van der Waals surface area contributed by atoms with Gasteiger partial charge in [0.15, 0.2) is 0 Å². The van der Waals surface area contributed by atoms with Gasteiger partial charge in [0.05, 0.1) is 0 Å². The summed E-state index contributed by atoms with van der Waals surface area (Å²) in [5.74, 6) is 0.844. The summed E-state index contributed by atoms with van der Waals surface area (Å²) in [4.78, 5) is 2.45. The fourth-order valence-corrected chi connectivity index (χ4v) is 1.96. The van der Waals surface area contributed by atoms with Gasteiger partial charge in [-0.2, -0.15) is 0 Å². The zero-order chi connectivity index (χ0) is 14.5. The molecule has 3 nitrogen and oxygen atoms in total. The molecule has 2 rings (SSSR count). The SMILES string of the molecule is CN(C)c1cccc(OCc2cccc(C(N)=S)c2)c1. The lowest BCUT2D eigenvalue weighted by atomic mass is 10.1. The molecule has 0 heterocycles. The summed E-state index contributed by atoms with van der Waals surface area (Å²) in [6.45, 7) is 0.493. The predicted octanol–water partition coefficient (Wildman–Crippen LogP) is 2.97. The van der Waals surface area contributed by atoms with Gasteiger partial charge in [0.25, 0.3) is 0 Å². The fraction of sp³-hybridized carbons (Fsp3) is 0.188. The molecule has 0 aliphatic carbocycles. The fourth-order valence-electron chi connectivity index (χ4n) is 1.83. The highest BCUT2D eigenvalue weighted by Gasteiger charge is 2.01. The molecule has 0 aliphatic rings. The van der Waals surface area contributed by atoms with Crippen LogP contribution in [0.5, 0.6) is 5.75 Å². The van der Waals surface area contributed by atoms with Crippen LogP contribution in [0.25, 0.3) is 0 Å². The molecule has 0 saturated carbocycles. The van der Waals surface area contributed by atoms with Gasteiger partial charge < -0.3 is 15.4 Å². The van der Waals surface area contributed by atoms with E-state index in [2.05, 4.69) is 0 Å². The minimum absolute atomic E-state index is 0.404. The zero-order valence-electron chi connectivity index (χ0n) is 11.7. The number of nitrogens with two attached hydrogens (primary N) is 1. The standard InChI is InChI=1S/C16H18N2OS/c1-18(2)14-7-4-8-15(10-14)19-11-12-5-3-6-13(9-12)16(17)20/h3-10H,11H2,1-2H3,(H2,17,20). The van der Waals surface area contributed by atoms with Gasteiger partial charge in [-0.05, 0) is 23.8 Å². The van der Waals surface area contributed by atoms with Gasteiger partial charge in [-0.15, -0.1) is 0 Å². The van der Waals surface area contributed by atoms with Crippen LogP contribution in [0.4, 0.5) is 5.69 Å². The Bertz CT molecular complexity index is 611. The molecule has 104 valence electrons. The number of hydrogen-bond acceptors (Lipinski definition) is 3. The number of thiocarbonyl (C=S) groups is 1. The van der Waals surface area contributed by atoms with E-state index in [1.54, 1.807) is 0 Å². The van der Waals surface area contributed by atoms with E-state index in [1.807, 2.05) is 67.5 Å². The molecule has 0 radical (unpaired) electrons. The molecule has 0 aliphatic heterocycles. The molecule has 0 bridgehead atoms. The van der Waals surface area contributed by atoms with Crippen LogP contribution in [0.15, 0.2) is 48.5 Å². The number of nitrogens with zero attached hydrogens (tertiary/aromatic N) is 1. The van der Waals surface area contributed by atoms with Crippen LogP contribution < -0.4 is 15.4 Å². The molecule has 0 unspecified atom stereocenters. The maximum absolute atomic E-state index is 5.81. The third-order valence-corrected chi connectivity index (χ3v) is 3.19. The van der Waals surface area contributed by atoms with Gasteiger partial charge >= 0.3 is 0 Å². The molecule has 0 saturated heterocycles. The number of benzene rings is 2. The smallest absolute Gasteiger partial charge is 0.121 e. The number of rotatable bonds is 5. The van der Waals surface area contributed by atoms with Crippen LogP contribution in [0.2, 0.25) is 0 Å². The summed E-state index contributed by atoms with van der Waals surface area (Å²) >= 11 is 4.98. The third kappa shape index (κ3) is 3.71. The van der Waals surface area contributed by atoms with E-state index < -0.39 is 0 Å². The second kappa shape index (κ2) is 6.39. The van der Waals surface area contributed by atoms with Gasteiger partial charge in [-0.25, -0.2) is 0 Å². The maximum atomic E-state index is 5.81. The summed E-state index contributed by atoms with van der Waals surface area (Å²) in [5.41, 5.74) is 8.65. The molecule has 20 heavy (non-hydrogen) atoms. The Morgan fingerprint density at radius 2 is 1.90 bits per heavy atom. The second-order valence-corrected chi connectivity index (χ2v) is 5.18. The van der Waals surface area contributed by atoms with Crippen molar-refractivity contribution < 1.29 is 4.74 Å². The van der Waals surface area contributed by atoms with Gasteiger partial charge in [-0.3, -0.25) is 0 Å². The molecule has 2 aromatic carbocycles.